The third kappa shape index (κ3) is 5.13. The van der Waals surface area contributed by atoms with E-state index in [4.69, 9.17) is 9.47 Å². The Bertz CT molecular complexity index is 803. The third-order valence-corrected chi connectivity index (χ3v) is 4.22. The summed E-state index contributed by atoms with van der Waals surface area (Å²) in [5.74, 6) is 0.766. The number of hydrogen-bond donors (Lipinski definition) is 2. The standard InChI is InChI=1S/C20H23N3O4/c1-26-17-9-2-3-10-18(17)27-14-19(24)21-15-7-6-8-16(13-15)22-20(25)23-11-4-5-12-23/h2-3,6-10,13H,4-5,11-12,14H2,1H3,(H,21,24)(H,22,25). The van der Waals surface area contributed by atoms with Crippen molar-refractivity contribution in [1.82, 2.24) is 4.90 Å². The summed E-state index contributed by atoms with van der Waals surface area (Å²) in [6.07, 6.45) is 2.07. The van der Waals surface area contributed by atoms with Gasteiger partial charge in [0.25, 0.3) is 5.91 Å². The highest BCUT2D eigenvalue weighted by Crippen LogP contribution is 2.25. The number of urea groups is 1. The van der Waals surface area contributed by atoms with Crippen LogP contribution in [0, 0.1) is 0 Å². The van der Waals surface area contributed by atoms with Crippen LogP contribution in [-0.2, 0) is 4.79 Å². The molecule has 3 rings (SSSR count). The van der Waals surface area contributed by atoms with Gasteiger partial charge < -0.3 is 25.0 Å². The number of carbonyl (C=O) groups is 2. The van der Waals surface area contributed by atoms with Crippen LogP contribution in [-0.4, -0.2) is 43.6 Å². The summed E-state index contributed by atoms with van der Waals surface area (Å²) >= 11 is 0. The highest BCUT2D eigenvalue weighted by atomic mass is 16.5. The van der Waals surface area contributed by atoms with Gasteiger partial charge in [0.2, 0.25) is 0 Å². The van der Waals surface area contributed by atoms with E-state index in [2.05, 4.69) is 10.6 Å². The molecule has 1 heterocycles. The molecule has 2 aromatic rings. The largest absolute Gasteiger partial charge is 0.493 e. The number of carbonyl (C=O) groups excluding carboxylic acids is 2. The normalized spacial score (nSPS) is 13.1. The number of anilines is 2. The number of ether oxygens (including phenoxy) is 2. The highest BCUT2D eigenvalue weighted by molar-refractivity contribution is 5.94. The Hall–Kier alpha value is -3.22. The molecule has 0 unspecified atom stereocenters. The second-order valence-corrected chi connectivity index (χ2v) is 6.19. The number of nitrogens with one attached hydrogen (secondary N) is 2. The number of methoxy groups -OCH3 is 1. The number of rotatable bonds is 6. The van der Waals surface area contributed by atoms with Crippen molar-refractivity contribution >= 4 is 23.3 Å². The molecular formula is C20H23N3O4. The van der Waals surface area contributed by atoms with Crippen LogP contribution >= 0.6 is 0 Å². The molecule has 0 aromatic heterocycles. The summed E-state index contributed by atoms with van der Waals surface area (Å²) in [6.45, 7) is 1.41. The minimum absolute atomic E-state index is 0.115. The quantitative estimate of drug-likeness (QED) is 0.818. The molecular weight excluding hydrogens is 346 g/mol. The summed E-state index contributed by atoms with van der Waals surface area (Å²) in [5.41, 5.74) is 1.22. The van der Waals surface area contributed by atoms with Gasteiger partial charge in [-0.15, -0.1) is 0 Å². The van der Waals surface area contributed by atoms with E-state index in [9.17, 15) is 9.59 Å². The maximum atomic E-state index is 12.2. The maximum absolute atomic E-state index is 12.2. The van der Waals surface area contributed by atoms with Gasteiger partial charge in [-0.25, -0.2) is 4.79 Å². The molecule has 27 heavy (non-hydrogen) atoms. The van der Waals surface area contributed by atoms with E-state index >= 15 is 0 Å². The smallest absolute Gasteiger partial charge is 0.321 e. The summed E-state index contributed by atoms with van der Waals surface area (Å²) in [7, 11) is 1.55. The third-order valence-electron chi connectivity index (χ3n) is 4.22. The first kappa shape index (κ1) is 18.6. The predicted molar refractivity (Wildman–Crippen MR) is 103 cm³/mol. The van der Waals surface area contributed by atoms with Gasteiger partial charge in [0.1, 0.15) is 0 Å². The molecule has 0 saturated carbocycles. The number of benzene rings is 2. The summed E-state index contributed by atoms with van der Waals surface area (Å²) < 4.78 is 10.7. The summed E-state index contributed by atoms with van der Waals surface area (Å²) in [4.78, 5) is 26.1. The Kier molecular flexibility index (Phi) is 6.14. The SMILES string of the molecule is COc1ccccc1OCC(=O)Nc1cccc(NC(=O)N2CCCC2)c1. The molecule has 0 atom stereocenters. The first-order chi connectivity index (χ1) is 13.2. The molecule has 1 fully saturated rings. The second-order valence-electron chi connectivity index (χ2n) is 6.19. The highest BCUT2D eigenvalue weighted by Gasteiger charge is 2.17. The van der Waals surface area contributed by atoms with Gasteiger partial charge in [0, 0.05) is 24.5 Å². The fourth-order valence-corrected chi connectivity index (χ4v) is 2.88. The van der Waals surface area contributed by atoms with Crippen molar-refractivity contribution < 1.29 is 19.1 Å². The van der Waals surface area contributed by atoms with Crippen LogP contribution in [0.5, 0.6) is 11.5 Å². The molecule has 1 aliphatic heterocycles. The molecule has 7 nitrogen and oxygen atoms in total. The van der Waals surface area contributed by atoms with E-state index < -0.39 is 0 Å². The van der Waals surface area contributed by atoms with Crippen LogP contribution in [0.4, 0.5) is 16.2 Å². The number of likely N-dealkylation sites (tertiary alicyclic amines) is 1. The van der Waals surface area contributed by atoms with Crippen LogP contribution in [0.3, 0.4) is 0 Å². The Morgan fingerprint density at radius 3 is 2.33 bits per heavy atom. The van der Waals surface area contributed by atoms with Gasteiger partial charge >= 0.3 is 6.03 Å². The molecule has 1 saturated heterocycles. The van der Waals surface area contributed by atoms with Crippen LogP contribution < -0.4 is 20.1 Å². The van der Waals surface area contributed by atoms with Gasteiger partial charge in [-0.1, -0.05) is 18.2 Å². The zero-order valence-electron chi connectivity index (χ0n) is 15.2. The van der Waals surface area contributed by atoms with E-state index in [1.165, 1.54) is 0 Å². The van der Waals surface area contributed by atoms with E-state index in [0.717, 1.165) is 25.9 Å². The van der Waals surface area contributed by atoms with Crippen LogP contribution in [0.15, 0.2) is 48.5 Å². The van der Waals surface area contributed by atoms with Gasteiger partial charge in [0.15, 0.2) is 18.1 Å². The lowest BCUT2D eigenvalue weighted by Crippen LogP contribution is -2.32. The van der Waals surface area contributed by atoms with Gasteiger partial charge in [-0.3, -0.25) is 4.79 Å². The monoisotopic (exact) mass is 369 g/mol. The number of nitrogens with zero attached hydrogens (tertiary/aromatic N) is 1. The second kappa shape index (κ2) is 8.93. The van der Waals surface area contributed by atoms with Crippen molar-refractivity contribution in [2.24, 2.45) is 0 Å². The number of hydrogen-bond acceptors (Lipinski definition) is 4. The van der Waals surface area contributed by atoms with Crippen molar-refractivity contribution in [3.05, 3.63) is 48.5 Å². The summed E-state index contributed by atoms with van der Waals surface area (Å²) in [5, 5.41) is 5.62. The molecule has 7 heteroatoms. The van der Waals surface area contributed by atoms with Crippen molar-refractivity contribution in [2.45, 2.75) is 12.8 Å². The lowest BCUT2D eigenvalue weighted by atomic mass is 10.2. The molecule has 142 valence electrons. The number of amides is 3. The van der Waals surface area contributed by atoms with E-state index in [0.29, 0.717) is 22.9 Å². The van der Waals surface area contributed by atoms with E-state index in [1.807, 2.05) is 12.1 Å². The molecule has 3 amide bonds. The minimum atomic E-state index is -0.302. The van der Waals surface area contributed by atoms with Gasteiger partial charge in [-0.05, 0) is 43.2 Å². The molecule has 0 radical (unpaired) electrons. The van der Waals surface area contributed by atoms with Crippen molar-refractivity contribution in [1.29, 1.82) is 0 Å². The molecule has 2 N–H and O–H groups in total. The Balaban J connectivity index is 1.54. The predicted octanol–water partition coefficient (Wildman–Crippen LogP) is 3.34. The number of para-hydroxylation sites is 2. The lowest BCUT2D eigenvalue weighted by molar-refractivity contribution is -0.118. The topological polar surface area (TPSA) is 79.9 Å². The Morgan fingerprint density at radius 1 is 0.963 bits per heavy atom. The fraction of sp³-hybridized carbons (Fsp3) is 0.300. The minimum Gasteiger partial charge on any atom is -0.493 e. The summed E-state index contributed by atoms with van der Waals surface area (Å²) in [6, 6.07) is 14.1. The maximum Gasteiger partial charge on any atom is 0.321 e. The first-order valence-corrected chi connectivity index (χ1v) is 8.87. The van der Waals surface area contributed by atoms with Crippen molar-refractivity contribution in [3.8, 4) is 11.5 Å². The molecule has 0 bridgehead atoms. The van der Waals surface area contributed by atoms with E-state index in [-0.39, 0.29) is 18.5 Å². The zero-order valence-corrected chi connectivity index (χ0v) is 15.2. The van der Waals surface area contributed by atoms with E-state index in [1.54, 1.807) is 48.4 Å². The molecule has 0 aliphatic carbocycles. The Morgan fingerprint density at radius 2 is 1.63 bits per heavy atom. The average Bonchev–Trinajstić information content (AvgIpc) is 3.22. The van der Waals surface area contributed by atoms with Crippen molar-refractivity contribution in [2.75, 3.05) is 37.4 Å². The van der Waals surface area contributed by atoms with Gasteiger partial charge in [0.05, 0.1) is 7.11 Å². The van der Waals surface area contributed by atoms with Crippen LogP contribution in [0.1, 0.15) is 12.8 Å². The molecule has 0 spiro atoms. The molecule has 2 aromatic carbocycles. The van der Waals surface area contributed by atoms with Crippen LogP contribution in [0.2, 0.25) is 0 Å². The fourth-order valence-electron chi connectivity index (χ4n) is 2.88. The van der Waals surface area contributed by atoms with Gasteiger partial charge in [-0.2, -0.15) is 0 Å². The average molecular weight is 369 g/mol. The Labute approximate surface area is 158 Å². The lowest BCUT2D eigenvalue weighted by Gasteiger charge is -2.16. The van der Waals surface area contributed by atoms with Crippen LogP contribution in [0.25, 0.3) is 0 Å². The zero-order chi connectivity index (χ0) is 19.1. The molecule has 1 aliphatic rings. The first-order valence-electron chi connectivity index (χ1n) is 8.87. The van der Waals surface area contributed by atoms with Crippen molar-refractivity contribution in [3.63, 3.8) is 0 Å².